The number of ether oxygens (including phenoxy) is 2. The van der Waals surface area contributed by atoms with E-state index in [4.69, 9.17) is 9.47 Å². The predicted molar refractivity (Wildman–Crippen MR) is 107 cm³/mol. The summed E-state index contributed by atoms with van der Waals surface area (Å²) in [4.78, 5) is 12.6. The second-order valence-corrected chi connectivity index (χ2v) is 6.61. The quantitative estimate of drug-likeness (QED) is 0.456. The van der Waals surface area contributed by atoms with Crippen molar-refractivity contribution in [3.63, 3.8) is 0 Å². The number of rotatable bonds is 5. The Morgan fingerprint density at radius 3 is 2.71 bits per heavy atom. The maximum absolute atomic E-state index is 14.2. The average molecular weight is 440 g/mol. The van der Waals surface area contributed by atoms with E-state index in [-0.39, 0.29) is 0 Å². The van der Waals surface area contributed by atoms with Gasteiger partial charge in [-0.25, -0.2) is 19.3 Å². The molecular weight excluding hydrogens is 427 g/mol. The van der Waals surface area contributed by atoms with E-state index in [0.717, 1.165) is 0 Å². The van der Waals surface area contributed by atoms with Crippen molar-refractivity contribution in [1.82, 2.24) is 15.0 Å². The lowest BCUT2D eigenvalue weighted by atomic mass is 10.2. The molecule has 0 atom stereocenters. The van der Waals surface area contributed by atoms with Gasteiger partial charge in [0, 0.05) is 34.3 Å². The molecule has 4 aromatic rings. The fraction of sp³-hybridized carbons (Fsp3) is 0.0500. The highest BCUT2D eigenvalue weighted by Crippen LogP contribution is 2.37. The Kier molecular flexibility index (Phi) is 5.03. The minimum atomic E-state index is -0.403. The van der Waals surface area contributed by atoms with Crippen LogP contribution in [0.15, 0.2) is 59.5 Å². The first-order valence-electron chi connectivity index (χ1n) is 8.19. The van der Waals surface area contributed by atoms with Gasteiger partial charge in [-0.1, -0.05) is 15.9 Å². The lowest BCUT2D eigenvalue weighted by molar-refractivity contribution is 0.375. The van der Waals surface area contributed by atoms with Crippen LogP contribution in [-0.4, -0.2) is 22.1 Å². The topological polar surface area (TPSA) is 69.2 Å². The van der Waals surface area contributed by atoms with Gasteiger partial charge in [0.05, 0.1) is 18.3 Å². The first kappa shape index (κ1) is 18.1. The number of nitrogens with zero attached hydrogens (tertiary/aromatic N) is 3. The first-order valence-corrected chi connectivity index (χ1v) is 8.98. The van der Waals surface area contributed by atoms with E-state index in [2.05, 4.69) is 42.3 Å². The Morgan fingerprint density at radius 2 is 1.96 bits per heavy atom. The number of benzene rings is 2. The van der Waals surface area contributed by atoms with Gasteiger partial charge in [-0.05, 0) is 30.3 Å². The van der Waals surface area contributed by atoms with E-state index in [1.54, 1.807) is 36.4 Å². The summed E-state index contributed by atoms with van der Waals surface area (Å²) in [5, 5.41) is 3.66. The minimum absolute atomic E-state index is 0.298. The van der Waals surface area contributed by atoms with Crippen molar-refractivity contribution in [1.29, 1.82) is 0 Å². The van der Waals surface area contributed by atoms with Gasteiger partial charge in [-0.2, -0.15) is 0 Å². The summed E-state index contributed by atoms with van der Waals surface area (Å²) in [5.74, 6) is 1.37. The lowest BCUT2D eigenvalue weighted by Gasteiger charge is -2.13. The van der Waals surface area contributed by atoms with Crippen LogP contribution in [0.5, 0.6) is 17.4 Å². The third kappa shape index (κ3) is 3.72. The molecule has 0 amide bonds. The fourth-order valence-electron chi connectivity index (χ4n) is 2.60. The fourth-order valence-corrected chi connectivity index (χ4v) is 2.93. The number of halogens is 2. The summed E-state index contributed by atoms with van der Waals surface area (Å²) in [5.41, 5.74) is 0.903. The third-order valence-electron chi connectivity index (χ3n) is 3.91. The lowest BCUT2D eigenvalue weighted by Crippen LogP contribution is -1.99. The standard InChI is InChI=1S/C20H13BrFN4O2/c1-27-17-9-13-16(10-18(17)28-19-4-2-3-7-23-19)24-11-25-20(13)26-15-6-5-12(21)8-14(15)22/h2,4-11H,1H3,(H,24,25,26). The Bertz CT molecular complexity index is 1140. The zero-order valence-corrected chi connectivity index (χ0v) is 16.2. The molecule has 0 fully saturated rings. The van der Waals surface area contributed by atoms with E-state index in [0.29, 0.717) is 44.3 Å². The molecule has 8 heteroatoms. The SMILES string of the molecule is COc1cc2c(Nc3ccc(Br)cc3F)ncnc2cc1Oc1cc[c]cn1. The van der Waals surface area contributed by atoms with Crippen molar-refractivity contribution < 1.29 is 13.9 Å². The number of methoxy groups -OCH3 is 1. The number of hydrogen-bond donors (Lipinski definition) is 1. The molecule has 2 aromatic carbocycles. The van der Waals surface area contributed by atoms with Crippen LogP contribution in [0.25, 0.3) is 10.9 Å². The molecule has 2 heterocycles. The molecule has 1 N–H and O–H groups in total. The van der Waals surface area contributed by atoms with Crippen LogP contribution in [0, 0.1) is 11.9 Å². The molecule has 0 aliphatic heterocycles. The van der Waals surface area contributed by atoms with Crippen molar-refractivity contribution in [2.24, 2.45) is 0 Å². The predicted octanol–water partition coefficient (Wildman–Crippen LogP) is 5.27. The van der Waals surface area contributed by atoms with E-state index in [9.17, 15) is 4.39 Å². The van der Waals surface area contributed by atoms with Gasteiger partial charge >= 0.3 is 0 Å². The maximum atomic E-state index is 14.2. The summed E-state index contributed by atoms with van der Waals surface area (Å²) >= 11 is 3.24. The number of fused-ring (bicyclic) bond motifs is 1. The summed E-state index contributed by atoms with van der Waals surface area (Å²) in [6, 6.07) is 14.4. The number of anilines is 2. The van der Waals surface area contributed by atoms with E-state index >= 15 is 0 Å². The van der Waals surface area contributed by atoms with Crippen LogP contribution >= 0.6 is 15.9 Å². The van der Waals surface area contributed by atoms with E-state index < -0.39 is 5.82 Å². The van der Waals surface area contributed by atoms with Gasteiger partial charge in [-0.3, -0.25) is 0 Å². The third-order valence-corrected chi connectivity index (χ3v) is 4.40. The van der Waals surface area contributed by atoms with Crippen molar-refractivity contribution in [3.8, 4) is 17.4 Å². The Morgan fingerprint density at radius 1 is 1.07 bits per heavy atom. The van der Waals surface area contributed by atoms with E-state index in [1.807, 2.05) is 0 Å². The van der Waals surface area contributed by atoms with Crippen LogP contribution in [0.3, 0.4) is 0 Å². The van der Waals surface area contributed by atoms with Crippen molar-refractivity contribution in [2.75, 3.05) is 12.4 Å². The maximum Gasteiger partial charge on any atom is 0.219 e. The molecule has 0 bridgehead atoms. The molecule has 28 heavy (non-hydrogen) atoms. The number of nitrogens with one attached hydrogen (secondary N) is 1. The van der Waals surface area contributed by atoms with Crippen molar-refractivity contribution in [3.05, 3.63) is 71.3 Å². The van der Waals surface area contributed by atoms with Gasteiger partial charge in [0.1, 0.15) is 18.0 Å². The van der Waals surface area contributed by atoms with E-state index in [1.165, 1.54) is 25.7 Å². The van der Waals surface area contributed by atoms with Crippen LogP contribution in [0.1, 0.15) is 0 Å². The molecule has 0 saturated carbocycles. The molecule has 4 rings (SSSR count). The Balaban J connectivity index is 1.75. The second-order valence-electron chi connectivity index (χ2n) is 5.69. The summed E-state index contributed by atoms with van der Waals surface area (Å²) < 4.78 is 26.1. The normalized spacial score (nSPS) is 10.7. The molecule has 2 aromatic heterocycles. The largest absolute Gasteiger partial charge is 0.493 e. The van der Waals surface area contributed by atoms with Gasteiger partial charge in [0.25, 0.3) is 0 Å². The number of pyridine rings is 1. The molecule has 0 aliphatic rings. The number of aromatic nitrogens is 3. The minimum Gasteiger partial charge on any atom is -0.493 e. The molecule has 1 radical (unpaired) electrons. The van der Waals surface area contributed by atoms with Crippen LogP contribution in [0.4, 0.5) is 15.9 Å². The number of hydrogen-bond acceptors (Lipinski definition) is 6. The highest BCUT2D eigenvalue weighted by molar-refractivity contribution is 9.10. The molecule has 0 spiro atoms. The summed E-state index contributed by atoms with van der Waals surface area (Å²) in [6.45, 7) is 0. The van der Waals surface area contributed by atoms with Gasteiger partial charge in [-0.15, -0.1) is 0 Å². The Labute approximate surface area is 168 Å². The zero-order valence-electron chi connectivity index (χ0n) is 14.6. The zero-order chi connectivity index (χ0) is 19.5. The second kappa shape index (κ2) is 7.77. The van der Waals surface area contributed by atoms with Crippen LogP contribution < -0.4 is 14.8 Å². The van der Waals surface area contributed by atoms with Gasteiger partial charge < -0.3 is 14.8 Å². The van der Waals surface area contributed by atoms with Gasteiger partial charge in [0.2, 0.25) is 5.88 Å². The molecule has 0 unspecified atom stereocenters. The highest BCUT2D eigenvalue weighted by atomic mass is 79.9. The summed E-state index contributed by atoms with van der Waals surface area (Å²) in [6.07, 6.45) is 2.91. The molecule has 0 aliphatic carbocycles. The smallest absolute Gasteiger partial charge is 0.219 e. The van der Waals surface area contributed by atoms with Crippen LogP contribution in [-0.2, 0) is 0 Å². The molecular formula is C20H13BrFN4O2. The first-order chi connectivity index (χ1) is 13.6. The van der Waals surface area contributed by atoms with Crippen LogP contribution in [0.2, 0.25) is 0 Å². The molecule has 6 nitrogen and oxygen atoms in total. The molecule has 139 valence electrons. The van der Waals surface area contributed by atoms with Crippen molar-refractivity contribution in [2.45, 2.75) is 0 Å². The Hall–Kier alpha value is -3.26. The average Bonchev–Trinajstić information content (AvgIpc) is 2.70. The summed E-state index contributed by atoms with van der Waals surface area (Å²) in [7, 11) is 1.53. The van der Waals surface area contributed by atoms with Gasteiger partial charge in [0.15, 0.2) is 11.5 Å². The van der Waals surface area contributed by atoms with Crippen molar-refractivity contribution >= 4 is 38.3 Å². The monoisotopic (exact) mass is 439 g/mol. The highest BCUT2D eigenvalue weighted by Gasteiger charge is 2.14. The molecule has 0 saturated heterocycles.